The molecule has 0 spiro atoms. The Kier molecular flexibility index (Phi) is 5.15. The van der Waals surface area contributed by atoms with Crippen LogP contribution in [0.25, 0.3) is 0 Å². The van der Waals surface area contributed by atoms with E-state index in [1.165, 1.54) is 70.8 Å². The second-order valence-electron chi connectivity index (χ2n) is 6.02. The van der Waals surface area contributed by atoms with Crippen molar-refractivity contribution in [3.8, 4) is 0 Å². The highest BCUT2D eigenvalue weighted by Crippen LogP contribution is 2.40. The molecule has 94 valence electrons. The van der Waals surface area contributed by atoms with Crippen LogP contribution in [0.5, 0.6) is 0 Å². The van der Waals surface area contributed by atoms with Crippen LogP contribution in [0.4, 0.5) is 0 Å². The summed E-state index contributed by atoms with van der Waals surface area (Å²) in [6.45, 7) is 1.27. The summed E-state index contributed by atoms with van der Waals surface area (Å²) in [5, 5.41) is 3.42. The van der Waals surface area contributed by atoms with Crippen LogP contribution < -0.4 is 5.32 Å². The van der Waals surface area contributed by atoms with E-state index in [0.29, 0.717) is 0 Å². The van der Waals surface area contributed by atoms with Crippen LogP contribution in [0.3, 0.4) is 0 Å². The minimum Gasteiger partial charge on any atom is -0.319 e. The predicted octanol–water partition coefficient (Wildman–Crippen LogP) is 3.98. The fourth-order valence-corrected chi connectivity index (χ4v) is 4.11. The van der Waals surface area contributed by atoms with Gasteiger partial charge in [0.1, 0.15) is 0 Å². The Labute approximate surface area is 101 Å². The van der Waals surface area contributed by atoms with Gasteiger partial charge in [-0.05, 0) is 44.2 Å². The van der Waals surface area contributed by atoms with Gasteiger partial charge in [-0.2, -0.15) is 0 Å². The summed E-state index contributed by atoms with van der Waals surface area (Å²) in [5.74, 6) is 3.11. The lowest BCUT2D eigenvalue weighted by atomic mass is 9.70. The van der Waals surface area contributed by atoms with E-state index in [1.807, 2.05) is 0 Å². The van der Waals surface area contributed by atoms with E-state index in [2.05, 4.69) is 12.4 Å². The number of rotatable bonds is 3. The van der Waals surface area contributed by atoms with E-state index in [9.17, 15) is 0 Å². The van der Waals surface area contributed by atoms with Gasteiger partial charge in [0, 0.05) is 0 Å². The van der Waals surface area contributed by atoms with E-state index in [4.69, 9.17) is 0 Å². The molecule has 0 heterocycles. The molecule has 2 atom stereocenters. The van der Waals surface area contributed by atoms with Crippen molar-refractivity contribution in [1.29, 1.82) is 0 Å². The molecule has 0 bridgehead atoms. The molecule has 0 saturated heterocycles. The lowest BCUT2D eigenvalue weighted by molar-refractivity contribution is 0.146. The first-order chi connectivity index (χ1) is 7.92. The van der Waals surface area contributed by atoms with Gasteiger partial charge in [0.2, 0.25) is 0 Å². The van der Waals surface area contributed by atoms with Crippen molar-refractivity contribution >= 4 is 0 Å². The summed E-state index contributed by atoms with van der Waals surface area (Å²) in [6, 6.07) is 0. The highest BCUT2D eigenvalue weighted by molar-refractivity contribution is 4.83. The van der Waals surface area contributed by atoms with Crippen LogP contribution in [-0.2, 0) is 0 Å². The quantitative estimate of drug-likeness (QED) is 0.714. The lowest BCUT2D eigenvalue weighted by Gasteiger charge is -2.37. The number of hydrogen-bond acceptors (Lipinski definition) is 1. The molecule has 1 nitrogen and oxygen atoms in total. The van der Waals surface area contributed by atoms with Crippen molar-refractivity contribution in [1.82, 2.24) is 5.32 Å². The summed E-state index contributed by atoms with van der Waals surface area (Å²) in [5.41, 5.74) is 0. The monoisotopic (exact) mass is 223 g/mol. The smallest absolute Gasteiger partial charge is 0.00208 e. The average Bonchev–Trinajstić information content (AvgIpc) is 2.59. The molecule has 2 aliphatic carbocycles. The second-order valence-corrected chi connectivity index (χ2v) is 6.02. The van der Waals surface area contributed by atoms with Gasteiger partial charge < -0.3 is 5.32 Å². The molecule has 2 unspecified atom stereocenters. The Morgan fingerprint density at radius 2 is 1.44 bits per heavy atom. The van der Waals surface area contributed by atoms with Gasteiger partial charge in [-0.3, -0.25) is 0 Å². The molecule has 2 aliphatic rings. The topological polar surface area (TPSA) is 12.0 Å². The van der Waals surface area contributed by atoms with Crippen LogP contribution >= 0.6 is 0 Å². The maximum absolute atomic E-state index is 3.42. The first-order valence-corrected chi connectivity index (χ1v) is 7.56. The molecule has 16 heavy (non-hydrogen) atoms. The number of hydrogen-bond donors (Lipinski definition) is 1. The van der Waals surface area contributed by atoms with Crippen LogP contribution in [-0.4, -0.2) is 13.6 Å². The molecule has 2 fully saturated rings. The highest BCUT2D eigenvalue weighted by atomic mass is 14.8. The van der Waals surface area contributed by atoms with E-state index < -0.39 is 0 Å². The highest BCUT2D eigenvalue weighted by Gasteiger charge is 2.31. The third-order valence-corrected chi connectivity index (χ3v) is 4.94. The van der Waals surface area contributed by atoms with Crippen LogP contribution in [0, 0.1) is 17.8 Å². The molecular weight excluding hydrogens is 194 g/mol. The van der Waals surface area contributed by atoms with E-state index >= 15 is 0 Å². The number of nitrogens with one attached hydrogen (secondary N) is 1. The zero-order valence-electron chi connectivity index (χ0n) is 11.0. The van der Waals surface area contributed by atoms with Crippen LogP contribution in [0.15, 0.2) is 0 Å². The molecule has 0 aromatic rings. The first kappa shape index (κ1) is 12.4. The first-order valence-electron chi connectivity index (χ1n) is 7.56. The average molecular weight is 223 g/mol. The molecular formula is C15H29N. The van der Waals surface area contributed by atoms with Crippen LogP contribution in [0.2, 0.25) is 0 Å². The summed E-state index contributed by atoms with van der Waals surface area (Å²) in [7, 11) is 2.12. The maximum atomic E-state index is 3.42. The normalized spacial score (nSPS) is 33.6. The molecule has 2 rings (SSSR count). The van der Waals surface area contributed by atoms with E-state index in [1.54, 1.807) is 0 Å². The zero-order chi connectivity index (χ0) is 11.2. The Bertz CT molecular complexity index is 180. The Morgan fingerprint density at radius 3 is 2.12 bits per heavy atom. The third kappa shape index (κ3) is 3.23. The van der Waals surface area contributed by atoms with Gasteiger partial charge in [0.05, 0.1) is 0 Å². The standard InChI is InChI=1S/C15H29N/c1-16-12-14-10-6-7-11-15(14)13-8-4-2-3-5-9-13/h13-16H,2-12H2,1H3. The fourth-order valence-electron chi connectivity index (χ4n) is 4.11. The van der Waals surface area contributed by atoms with Gasteiger partial charge in [0.15, 0.2) is 0 Å². The summed E-state index contributed by atoms with van der Waals surface area (Å²) < 4.78 is 0. The van der Waals surface area contributed by atoms with Crippen molar-refractivity contribution in [2.24, 2.45) is 17.8 Å². The van der Waals surface area contributed by atoms with Crippen molar-refractivity contribution in [3.05, 3.63) is 0 Å². The molecule has 1 N–H and O–H groups in total. The minimum atomic E-state index is 0.988. The van der Waals surface area contributed by atoms with Gasteiger partial charge in [-0.1, -0.05) is 51.4 Å². The molecule has 2 saturated carbocycles. The maximum Gasteiger partial charge on any atom is -0.00208 e. The second kappa shape index (κ2) is 6.64. The molecule has 0 amide bonds. The largest absolute Gasteiger partial charge is 0.319 e. The fraction of sp³-hybridized carbons (Fsp3) is 1.00. The third-order valence-electron chi connectivity index (χ3n) is 4.94. The van der Waals surface area contributed by atoms with Crippen molar-refractivity contribution in [3.63, 3.8) is 0 Å². The van der Waals surface area contributed by atoms with Crippen molar-refractivity contribution in [2.45, 2.75) is 64.2 Å². The lowest BCUT2D eigenvalue weighted by Crippen LogP contribution is -2.33. The van der Waals surface area contributed by atoms with Gasteiger partial charge in [0.25, 0.3) is 0 Å². The Balaban J connectivity index is 1.92. The predicted molar refractivity (Wildman–Crippen MR) is 70.6 cm³/mol. The van der Waals surface area contributed by atoms with E-state index in [0.717, 1.165) is 17.8 Å². The zero-order valence-corrected chi connectivity index (χ0v) is 11.0. The molecule has 0 aromatic heterocycles. The van der Waals surface area contributed by atoms with Crippen molar-refractivity contribution in [2.75, 3.05) is 13.6 Å². The summed E-state index contributed by atoms with van der Waals surface area (Å²) in [6.07, 6.45) is 15.1. The van der Waals surface area contributed by atoms with Gasteiger partial charge in [-0.25, -0.2) is 0 Å². The van der Waals surface area contributed by atoms with E-state index in [-0.39, 0.29) is 0 Å². The van der Waals surface area contributed by atoms with Gasteiger partial charge in [-0.15, -0.1) is 0 Å². The summed E-state index contributed by atoms with van der Waals surface area (Å²) >= 11 is 0. The summed E-state index contributed by atoms with van der Waals surface area (Å²) in [4.78, 5) is 0. The van der Waals surface area contributed by atoms with Gasteiger partial charge >= 0.3 is 0 Å². The molecule has 0 radical (unpaired) electrons. The molecule has 0 aliphatic heterocycles. The molecule has 0 aromatic carbocycles. The Hall–Kier alpha value is -0.0400. The van der Waals surface area contributed by atoms with Crippen LogP contribution in [0.1, 0.15) is 64.2 Å². The SMILES string of the molecule is CNCC1CCCCC1C1CCCCCC1. The van der Waals surface area contributed by atoms with Crippen molar-refractivity contribution < 1.29 is 0 Å². The minimum absolute atomic E-state index is 0.988. The Morgan fingerprint density at radius 1 is 0.812 bits per heavy atom. The molecule has 1 heteroatoms.